The number of H-pyrrole nitrogens is 1. The largest absolute Gasteiger partial charge is 0.508 e. The number of aromatic amines is 1. The van der Waals surface area contributed by atoms with E-state index in [9.17, 15) is 73.2 Å². The van der Waals surface area contributed by atoms with Crippen LogP contribution in [0, 0.1) is 11.8 Å². The molecule has 0 saturated carbocycles. The number of amides is 9. The zero-order valence-electron chi connectivity index (χ0n) is 51.2. The van der Waals surface area contributed by atoms with Crippen LogP contribution in [0.3, 0.4) is 0 Å². The molecule has 27 nitrogen and oxygen atoms in total. The minimum absolute atomic E-state index is 0.0293. The van der Waals surface area contributed by atoms with Gasteiger partial charge in [-0.1, -0.05) is 82.3 Å². The highest BCUT2D eigenvalue weighted by atomic mass is 16.4. The van der Waals surface area contributed by atoms with Gasteiger partial charge in [-0.2, -0.15) is 0 Å². The maximum atomic E-state index is 14.8. The lowest BCUT2D eigenvalue weighted by Crippen LogP contribution is -2.60. The number of rotatable bonds is 32. The molecular weight excluding hydrogens is 1160 g/mol. The number of nitrogens with zero attached hydrogens (tertiary/aromatic N) is 3. The summed E-state index contributed by atoms with van der Waals surface area (Å²) in [6, 6.07) is 7.41. The van der Waals surface area contributed by atoms with Crippen LogP contribution in [0.1, 0.15) is 108 Å². The molecular formula is C63H84N12O15. The maximum absolute atomic E-state index is 14.8. The molecule has 3 aromatic carbocycles. The number of hydrogen-bond acceptors (Lipinski definition) is 15. The minimum Gasteiger partial charge on any atom is -0.508 e. The van der Waals surface area contributed by atoms with Gasteiger partial charge in [-0.25, -0.2) is 9.78 Å². The summed E-state index contributed by atoms with van der Waals surface area (Å²) in [5.74, 6) is -9.96. The molecule has 6 rings (SSSR count). The molecule has 9 amide bonds. The summed E-state index contributed by atoms with van der Waals surface area (Å²) in [7, 11) is 0. The predicted octanol–water partition coefficient (Wildman–Crippen LogP) is 0.856. The second-order valence-electron chi connectivity index (χ2n) is 23.8. The number of carboxylic acids is 2. The second-order valence-corrected chi connectivity index (χ2v) is 23.8. The molecule has 2 aliphatic heterocycles. The monoisotopic (exact) mass is 1250 g/mol. The van der Waals surface area contributed by atoms with E-state index in [4.69, 9.17) is 5.73 Å². The summed E-state index contributed by atoms with van der Waals surface area (Å²) in [6.45, 7) is 8.73. The number of hydrogen-bond donors (Lipinski definition) is 13. The third-order valence-corrected chi connectivity index (χ3v) is 15.6. The summed E-state index contributed by atoms with van der Waals surface area (Å²) < 4.78 is 0. The number of imidazole rings is 1. The van der Waals surface area contributed by atoms with Crippen LogP contribution in [-0.4, -0.2) is 179 Å². The van der Waals surface area contributed by atoms with E-state index in [-0.39, 0.29) is 87.8 Å². The number of aromatic hydroxyl groups is 2. The third kappa shape index (κ3) is 20.9. The lowest BCUT2D eigenvalue weighted by molar-refractivity contribution is -0.143. The molecule has 2 fully saturated rings. The molecule has 14 N–H and O–H groups in total. The van der Waals surface area contributed by atoms with Gasteiger partial charge >= 0.3 is 11.9 Å². The molecule has 0 radical (unpaired) electrons. The van der Waals surface area contributed by atoms with E-state index in [0.29, 0.717) is 35.2 Å². The first-order valence-corrected chi connectivity index (χ1v) is 30.3. The Hall–Kier alpha value is -9.40. The van der Waals surface area contributed by atoms with Crippen LogP contribution in [0.25, 0.3) is 0 Å². The molecule has 27 heteroatoms. The third-order valence-electron chi connectivity index (χ3n) is 15.6. The van der Waals surface area contributed by atoms with E-state index >= 15 is 0 Å². The number of carboxylic acid groups (broad SMARTS) is 2. The maximum Gasteiger partial charge on any atom is 0.326 e. The molecule has 0 bridgehead atoms. The van der Waals surface area contributed by atoms with Gasteiger partial charge in [0.15, 0.2) is 0 Å². The van der Waals surface area contributed by atoms with Crippen LogP contribution in [-0.2, 0) is 78.4 Å². The van der Waals surface area contributed by atoms with Crippen LogP contribution in [0.2, 0.25) is 0 Å². The number of carbonyl (C=O) groups is 11. The predicted molar refractivity (Wildman–Crippen MR) is 326 cm³/mol. The van der Waals surface area contributed by atoms with Gasteiger partial charge in [0.25, 0.3) is 0 Å². The average Bonchev–Trinajstić information content (AvgIpc) is 1.78. The highest BCUT2D eigenvalue weighted by molar-refractivity contribution is 5.99. The van der Waals surface area contributed by atoms with Crippen molar-refractivity contribution in [1.29, 1.82) is 0 Å². The van der Waals surface area contributed by atoms with Gasteiger partial charge in [-0.05, 0) is 105 Å². The van der Waals surface area contributed by atoms with Gasteiger partial charge in [-0.15, -0.1) is 0 Å². The van der Waals surface area contributed by atoms with E-state index < -0.39 is 138 Å². The molecule has 4 aromatic rings. The van der Waals surface area contributed by atoms with Crippen LogP contribution in [0.4, 0.5) is 0 Å². The number of carbonyl (C=O) groups excluding carboxylic acids is 9. The smallest absolute Gasteiger partial charge is 0.326 e. The second kappa shape index (κ2) is 33.3. The van der Waals surface area contributed by atoms with E-state index in [0.717, 1.165) is 0 Å². The number of phenolic OH excluding ortho intramolecular Hbond substituents is 2. The molecule has 1 aromatic heterocycles. The number of phenols is 2. The Morgan fingerprint density at radius 2 is 0.956 bits per heavy atom. The summed E-state index contributed by atoms with van der Waals surface area (Å²) in [6.07, 6.45) is 2.96. The zero-order valence-corrected chi connectivity index (χ0v) is 51.2. The molecule has 90 heavy (non-hydrogen) atoms. The molecule has 0 spiro atoms. The van der Waals surface area contributed by atoms with Crippen molar-refractivity contribution in [2.24, 2.45) is 17.6 Å². The Balaban J connectivity index is 1.20. The lowest BCUT2D eigenvalue weighted by Gasteiger charge is -2.30. The fourth-order valence-electron chi connectivity index (χ4n) is 10.9. The van der Waals surface area contributed by atoms with Crippen molar-refractivity contribution in [2.45, 2.75) is 172 Å². The van der Waals surface area contributed by atoms with E-state index in [1.807, 2.05) is 0 Å². The van der Waals surface area contributed by atoms with Gasteiger partial charge < -0.3 is 78.2 Å². The van der Waals surface area contributed by atoms with Crippen LogP contribution >= 0.6 is 0 Å². The summed E-state index contributed by atoms with van der Waals surface area (Å²) >= 11 is 0. The first-order chi connectivity index (χ1) is 42.8. The van der Waals surface area contributed by atoms with E-state index in [1.165, 1.54) is 65.6 Å². The molecule has 2 aliphatic rings. The van der Waals surface area contributed by atoms with E-state index in [1.54, 1.807) is 70.2 Å². The molecule has 10 atom stereocenters. The van der Waals surface area contributed by atoms with Crippen molar-refractivity contribution in [3.8, 4) is 11.5 Å². The van der Waals surface area contributed by atoms with Crippen LogP contribution < -0.4 is 43.0 Å². The van der Waals surface area contributed by atoms with Crippen molar-refractivity contribution >= 4 is 65.1 Å². The first-order valence-electron chi connectivity index (χ1n) is 30.3. The minimum atomic E-state index is -1.52. The van der Waals surface area contributed by atoms with Gasteiger partial charge in [0.05, 0.1) is 12.4 Å². The number of nitrogens with two attached hydrogens (primary N) is 1. The molecule has 486 valence electrons. The number of likely N-dealkylation sites (tertiary alicyclic amines) is 2. The fraction of sp³-hybridized carbons (Fsp3) is 0.492. The SMILES string of the molecule is CC(C)C[C@H](NC(=O)[C@H](CC(C)C)NC(=O)[C@H](CCC(=O)O)NC(=O)[C@@H]1CCCN1C(=O)[C@H](C)NC(=O)[C@H](Cc1ccc(O)cc1)NC(=O)[C@H](Cc1ccccc1)NC(=O)[C@H](Cc1ccc(O)cc1)NC(=O)[C@@H]1CCCN1C(=O)[C@@H](N)Cc1cnc[nH]1)C(=O)O. The van der Waals surface area contributed by atoms with Gasteiger partial charge in [-0.3, -0.25) is 47.9 Å². The van der Waals surface area contributed by atoms with Crippen molar-refractivity contribution in [3.05, 3.63) is 114 Å². The average molecular weight is 1250 g/mol. The Morgan fingerprint density at radius 3 is 1.43 bits per heavy atom. The highest BCUT2D eigenvalue weighted by Gasteiger charge is 2.41. The number of benzene rings is 3. The summed E-state index contributed by atoms with van der Waals surface area (Å²) in [5.41, 5.74) is 8.50. The molecule has 2 saturated heterocycles. The van der Waals surface area contributed by atoms with Crippen molar-refractivity contribution in [1.82, 2.24) is 57.0 Å². The van der Waals surface area contributed by atoms with Crippen LogP contribution in [0.15, 0.2) is 91.4 Å². The number of nitrogens with one attached hydrogen (secondary N) is 8. The van der Waals surface area contributed by atoms with Crippen LogP contribution in [0.5, 0.6) is 11.5 Å². The molecule has 3 heterocycles. The Bertz CT molecular complexity index is 3130. The fourth-order valence-corrected chi connectivity index (χ4v) is 10.9. The lowest BCUT2D eigenvalue weighted by atomic mass is 10.00. The number of aliphatic carboxylic acids is 2. The Morgan fingerprint density at radius 1 is 0.533 bits per heavy atom. The summed E-state index contributed by atoms with van der Waals surface area (Å²) in [4.78, 5) is 161. The standard InChI is InChI=1S/C63H84N12O15/c1-35(2)27-46(56(82)73-50(63(89)90)28-36(3)4)69-54(80)45(23-24-53(78)79)68-59(85)51-13-9-25-74(51)61(87)37(5)67-55(81)47(30-39-15-19-42(76)20-16-39)70-57(83)48(29-38-11-7-6-8-12-38)71-58(84)49(31-40-17-21-43(77)22-18-40)72-60(86)52-14-10-26-75(52)62(88)44(64)32-41-33-65-34-66-41/h6-8,11-12,15-22,33-37,44-52,76-77H,9-10,13-14,23-32,64H2,1-5H3,(H,65,66)(H,67,81)(H,68,85)(H,69,80)(H,70,83)(H,71,84)(H,72,86)(H,73,82)(H,78,79)(H,89,90)/t37-,44-,45-,46-,47-,48-,49-,50-,51-,52-/m0/s1. The van der Waals surface area contributed by atoms with Crippen molar-refractivity contribution < 1.29 is 73.2 Å². The molecule has 0 unspecified atom stereocenters. The quantitative estimate of drug-likeness (QED) is 0.0322. The highest BCUT2D eigenvalue weighted by Crippen LogP contribution is 2.23. The Labute approximate surface area is 521 Å². The topological polar surface area (TPSA) is 414 Å². The van der Waals surface area contributed by atoms with Crippen molar-refractivity contribution in [3.63, 3.8) is 0 Å². The normalized spacial score (nSPS) is 17.3. The summed E-state index contributed by atoms with van der Waals surface area (Å²) in [5, 5.41) is 58.2. The molecule has 0 aliphatic carbocycles. The van der Waals surface area contributed by atoms with Gasteiger partial charge in [0.2, 0.25) is 53.2 Å². The van der Waals surface area contributed by atoms with E-state index in [2.05, 4.69) is 47.2 Å². The van der Waals surface area contributed by atoms with Crippen molar-refractivity contribution in [2.75, 3.05) is 13.1 Å². The first kappa shape index (κ1) is 69.7. The number of aromatic nitrogens is 2. The zero-order chi connectivity index (χ0) is 65.8. The van der Waals surface area contributed by atoms with Gasteiger partial charge in [0.1, 0.15) is 65.9 Å². The Kier molecular flexibility index (Phi) is 25.8. The van der Waals surface area contributed by atoms with Gasteiger partial charge in [0, 0.05) is 57.1 Å².